The molecule has 3 amide bonds. The predicted molar refractivity (Wildman–Crippen MR) is 129 cm³/mol. The summed E-state index contributed by atoms with van der Waals surface area (Å²) in [5.74, 6) is -0.304. The molecular weight excluding hydrogens is 455 g/mol. The van der Waals surface area contributed by atoms with E-state index in [1.807, 2.05) is 6.07 Å². The number of halogens is 1. The van der Waals surface area contributed by atoms with Gasteiger partial charge in [0.2, 0.25) is 11.8 Å². The molecule has 11 heteroatoms. The Morgan fingerprint density at radius 3 is 2.49 bits per heavy atom. The van der Waals surface area contributed by atoms with Crippen LogP contribution in [-0.4, -0.2) is 86.8 Å². The van der Waals surface area contributed by atoms with Gasteiger partial charge in [0, 0.05) is 58.4 Å². The molecule has 3 saturated heterocycles. The lowest BCUT2D eigenvalue weighted by Crippen LogP contribution is -2.51. The van der Waals surface area contributed by atoms with E-state index in [-0.39, 0.29) is 24.1 Å². The Bertz CT molecular complexity index is 931. The number of imide groups is 1. The lowest BCUT2D eigenvalue weighted by Gasteiger charge is -2.38. The topological polar surface area (TPSA) is 111 Å². The number of amides is 3. The number of hydrogen-bond donors (Lipinski definition) is 2. The molecule has 3 N–H and O–H groups in total. The van der Waals surface area contributed by atoms with Crippen molar-refractivity contribution in [2.45, 2.75) is 38.1 Å². The summed E-state index contributed by atoms with van der Waals surface area (Å²) in [7, 11) is 1.75. The van der Waals surface area contributed by atoms with Gasteiger partial charge < -0.3 is 20.4 Å². The molecule has 3 heterocycles. The maximum absolute atomic E-state index is 15.0. The zero-order valence-electron chi connectivity index (χ0n) is 20.2. The van der Waals surface area contributed by atoms with Crippen molar-refractivity contribution in [1.82, 2.24) is 15.3 Å². The summed E-state index contributed by atoms with van der Waals surface area (Å²) in [6, 6.07) is 4.61. The number of anilines is 2. The number of carbonyl (C=O) groups is 3. The van der Waals surface area contributed by atoms with Crippen LogP contribution in [0.15, 0.2) is 18.2 Å². The number of piperidine rings is 2. The van der Waals surface area contributed by atoms with Crippen molar-refractivity contribution >= 4 is 29.3 Å². The van der Waals surface area contributed by atoms with Gasteiger partial charge in [-0.3, -0.25) is 19.8 Å². The van der Waals surface area contributed by atoms with E-state index in [2.05, 4.69) is 15.1 Å². The third kappa shape index (κ3) is 6.40. The van der Waals surface area contributed by atoms with Gasteiger partial charge in [-0.25, -0.2) is 9.18 Å². The molecule has 4 rings (SSSR count). The van der Waals surface area contributed by atoms with E-state index in [1.165, 1.54) is 6.07 Å². The maximum atomic E-state index is 15.0. The molecule has 0 aromatic heterocycles. The SMILES string of the molecule is CN(c1ccc(N2CCN(CCC3CCN(OC(N)=O)CC3)CC2)c(F)c1)C1CCC(=O)NC1=O. The number of benzene rings is 1. The molecule has 0 saturated carbocycles. The van der Waals surface area contributed by atoms with Crippen LogP contribution in [0.4, 0.5) is 20.6 Å². The molecule has 10 nitrogen and oxygen atoms in total. The van der Waals surface area contributed by atoms with Crippen molar-refractivity contribution in [3.05, 3.63) is 24.0 Å². The van der Waals surface area contributed by atoms with Crippen LogP contribution in [0.25, 0.3) is 0 Å². The highest BCUT2D eigenvalue weighted by Gasteiger charge is 2.30. The first-order chi connectivity index (χ1) is 16.8. The Morgan fingerprint density at radius 2 is 1.86 bits per heavy atom. The van der Waals surface area contributed by atoms with Crippen molar-refractivity contribution < 1.29 is 23.6 Å². The molecule has 0 radical (unpaired) electrons. The van der Waals surface area contributed by atoms with E-state index in [9.17, 15) is 14.4 Å². The molecule has 35 heavy (non-hydrogen) atoms. The number of rotatable bonds is 7. The zero-order valence-corrected chi connectivity index (χ0v) is 20.2. The molecule has 0 aliphatic carbocycles. The molecular formula is C24H35FN6O4. The van der Waals surface area contributed by atoms with Crippen LogP contribution in [0.5, 0.6) is 0 Å². The molecule has 3 aliphatic heterocycles. The second-order valence-corrected chi connectivity index (χ2v) is 9.61. The normalized spacial score (nSPS) is 22.7. The number of nitrogens with two attached hydrogens (primary N) is 1. The van der Waals surface area contributed by atoms with Crippen LogP contribution in [0.3, 0.4) is 0 Å². The molecule has 1 aromatic carbocycles. The molecule has 1 unspecified atom stereocenters. The summed E-state index contributed by atoms with van der Waals surface area (Å²) < 4.78 is 15.0. The number of nitrogens with zero attached hydrogens (tertiary/aromatic N) is 4. The van der Waals surface area contributed by atoms with E-state index in [1.54, 1.807) is 23.1 Å². The van der Waals surface area contributed by atoms with Crippen molar-refractivity contribution in [2.24, 2.45) is 11.7 Å². The van der Waals surface area contributed by atoms with Gasteiger partial charge in [-0.15, -0.1) is 5.06 Å². The van der Waals surface area contributed by atoms with Crippen LogP contribution in [0.1, 0.15) is 32.1 Å². The Kier molecular flexibility index (Phi) is 8.07. The van der Waals surface area contributed by atoms with Gasteiger partial charge in [0.05, 0.1) is 5.69 Å². The number of primary amides is 1. The van der Waals surface area contributed by atoms with Crippen molar-refractivity contribution in [3.8, 4) is 0 Å². The van der Waals surface area contributed by atoms with Gasteiger partial charge in [0.15, 0.2) is 0 Å². The second-order valence-electron chi connectivity index (χ2n) is 9.61. The van der Waals surface area contributed by atoms with Crippen molar-refractivity contribution in [2.75, 3.05) is 62.7 Å². The molecule has 1 atom stereocenters. The van der Waals surface area contributed by atoms with Crippen LogP contribution in [0.2, 0.25) is 0 Å². The second kappa shape index (κ2) is 11.2. The number of piperazine rings is 1. The monoisotopic (exact) mass is 490 g/mol. The third-order valence-corrected chi connectivity index (χ3v) is 7.38. The van der Waals surface area contributed by atoms with Gasteiger partial charge in [-0.2, -0.15) is 0 Å². The number of hydroxylamine groups is 2. The Labute approximate surface area is 205 Å². The van der Waals surface area contributed by atoms with Gasteiger partial charge in [-0.1, -0.05) is 0 Å². The molecule has 3 fully saturated rings. The lowest BCUT2D eigenvalue weighted by molar-refractivity contribution is -0.134. The van der Waals surface area contributed by atoms with Crippen LogP contribution in [-0.2, 0) is 14.4 Å². The highest BCUT2D eigenvalue weighted by Crippen LogP contribution is 2.28. The summed E-state index contributed by atoms with van der Waals surface area (Å²) >= 11 is 0. The van der Waals surface area contributed by atoms with Gasteiger partial charge >= 0.3 is 6.09 Å². The third-order valence-electron chi connectivity index (χ3n) is 7.38. The van der Waals surface area contributed by atoms with E-state index in [0.717, 1.165) is 65.1 Å². The Balaban J connectivity index is 1.23. The summed E-state index contributed by atoms with van der Waals surface area (Å²) in [6.07, 6.45) is 3.02. The number of carbonyl (C=O) groups excluding carboxylic acids is 3. The summed E-state index contributed by atoms with van der Waals surface area (Å²) in [6.45, 7) is 5.70. The van der Waals surface area contributed by atoms with E-state index < -0.39 is 12.1 Å². The standard InChI is InChI=1S/C24H35FN6O4/c1-28(21-4-5-22(32)27-23(21)33)18-2-3-20(19(25)16-18)30-14-12-29(13-15-30)9-6-17-7-10-31(11-8-17)35-24(26)34/h2-3,16-17,21H,4-15H2,1H3,(H2,26,34)(H,27,32,33). The highest BCUT2D eigenvalue weighted by atomic mass is 19.1. The maximum Gasteiger partial charge on any atom is 0.423 e. The van der Waals surface area contributed by atoms with Crippen LogP contribution < -0.4 is 20.9 Å². The van der Waals surface area contributed by atoms with E-state index in [4.69, 9.17) is 10.6 Å². The minimum absolute atomic E-state index is 0.263. The smallest absolute Gasteiger partial charge is 0.367 e. The number of likely N-dealkylation sites (N-methyl/N-ethyl adjacent to an activating group) is 1. The van der Waals surface area contributed by atoms with E-state index >= 15 is 4.39 Å². The van der Waals surface area contributed by atoms with Crippen molar-refractivity contribution in [3.63, 3.8) is 0 Å². The minimum atomic E-state index is -0.756. The number of hydrogen-bond acceptors (Lipinski definition) is 8. The summed E-state index contributed by atoms with van der Waals surface area (Å²) in [4.78, 5) is 45.6. The minimum Gasteiger partial charge on any atom is -0.367 e. The Morgan fingerprint density at radius 1 is 1.14 bits per heavy atom. The Hall–Kier alpha value is -2.92. The average molecular weight is 491 g/mol. The largest absolute Gasteiger partial charge is 0.423 e. The van der Waals surface area contributed by atoms with E-state index in [0.29, 0.717) is 23.7 Å². The first kappa shape index (κ1) is 25.2. The van der Waals surface area contributed by atoms with Crippen LogP contribution >= 0.6 is 0 Å². The number of nitrogens with one attached hydrogen (secondary N) is 1. The molecule has 3 aliphatic rings. The van der Waals surface area contributed by atoms with Gasteiger partial charge in [0.25, 0.3) is 0 Å². The molecule has 0 spiro atoms. The fourth-order valence-electron chi connectivity index (χ4n) is 5.20. The fraction of sp³-hybridized carbons (Fsp3) is 0.625. The summed E-state index contributed by atoms with van der Waals surface area (Å²) in [5.41, 5.74) is 6.27. The van der Waals surface area contributed by atoms with Crippen LogP contribution in [0, 0.1) is 11.7 Å². The molecule has 1 aromatic rings. The predicted octanol–water partition coefficient (Wildman–Crippen LogP) is 1.30. The lowest BCUT2D eigenvalue weighted by atomic mass is 9.94. The first-order valence-corrected chi connectivity index (χ1v) is 12.4. The zero-order chi connectivity index (χ0) is 24.9. The fourth-order valence-corrected chi connectivity index (χ4v) is 5.20. The first-order valence-electron chi connectivity index (χ1n) is 12.4. The summed E-state index contributed by atoms with van der Waals surface area (Å²) in [5, 5.41) is 3.99. The molecule has 0 bridgehead atoms. The quantitative estimate of drug-likeness (QED) is 0.551. The van der Waals surface area contributed by atoms with Gasteiger partial charge in [-0.05, 0) is 56.3 Å². The highest BCUT2D eigenvalue weighted by molar-refractivity contribution is 6.01. The molecule has 192 valence electrons. The van der Waals surface area contributed by atoms with Crippen molar-refractivity contribution in [1.29, 1.82) is 0 Å². The van der Waals surface area contributed by atoms with Gasteiger partial charge in [0.1, 0.15) is 11.9 Å². The average Bonchev–Trinajstić information content (AvgIpc) is 2.83.